The second-order valence-electron chi connectivity index (χ2n) is 3.90. The Morgan fingerprint density at radius 1 is 1.56 bits per heavy atom. The summed E-state index contributed by atoms with van der Waals surface area (Å²) in [4.78, 5) is 24.7. The van der Waals surface area contributed by atoms with Crippen LogP contribution in [0, 0.1) is 5.82 Å². The van der Waals surface area contributed by atoms with Crippen molar-refractivity contribution in [2.75, 3.05) is 18.6 Å². The highest BCUT2D eigenvalue weighted by Gasteiger charge is 2.36. The highest BCUT2D eigenvalue weighted by Crippen LogP contribution is 2.35. The predicted octanol–water partition coefficient (Wildman–Crippen LogP) is 1.59. The topological polar surface area (TPSA) is 58.6 Å². The molecule has 2 rings (SSSR count). The van der Waals surface area contributed by atoms with Crippen LogP contribution in [-0.2, 0) is 9.53 Å². The lowest BCUT2D eigenvalue weighted by Crippen LogP contribution is -2.36. The number of benzene rings is 1. The van der Waals surface area contributed by atoms with Crippen molar-refractivity contribution in [3.63, 3.8) is 0 Å². The van der Waals surface area contributed by atoms with E-state index in [9.17, 15) is 14.0 Å². The van der Waals surface area contributed by atoms with Crippen molar-refractivity contribution in [2.45, 2.75) is 13.0 Å². The van der Waals surface area contributed by atoms with Gasteiger partial charge in [0.05, 0.1) is 6.61 Å². The number of carbonyl (C=O) groups excluding carboxylic acids is 2. The molecule has 1 aliphatic heterocycles. The number of alkyl carbamates (subject to hydrolysis) is 1. The summed E-state index contributed by atoms with van der Waals surface area (Å²) in [5.74, 6) is -0.767. The first-order chi connectivity index (χ1) is 8.54. The molecule has 0 aliphatic carbocycles. The van der Waals surface area contributed by atoms with Gasteiger partial charge in [-0.3, -0.25) is 4.79 Å². The van der Waals surface area contributed by atoms with E-state index in [0.29, 0.717) is 11.3 Å². The van der Waals surface area contributed by atoms with Crippen molar-refractivity contribution in [3.8, 4) is 0 Å². The number of carbonyl (C=O) groups is 2. The first kappa shape index (κ1) is 12.3. The van der Waals surface area contributed by atoms with Crippen LogP contribution >= 0.6 is 0 Å². The number of halogens is 1. The molecule has 2 amide bonds. The van der Waals surface area contributed by atoms with Gasteiger partial charge in [-0.1, -0.05) is 0 Å². The van der Waals surface area contributed by atoms with Crippen molar-refractivity contribution < 1.29 is 18.7 Å². The Morgan fingerprint density at radius 3 is 2.94 bits per heavy atom. The smallest absolute Gasteiger partial charge is 0.408 e. The van der Waals surface area contributed by atoms with E-state index < -0.39 is 18.0 Å². The van der Waals surface area contributed by atoms with Crippen LogP contribution in [0.25, 0.3) is 0 Å². The average Bonchev–Trinajstić information content (AvgIpc) is 2.55. The first-order valence-corrected chi connectivity index (χ1v) is 5.55. The minimum Gasteiger partial charge on any atom is -0.450 e. The molecule has 1 aromatic carbocycles. The molecule has 1 aromatic rings. The van der Waals surface area contributed by atoms with Crippen molar-refractivity contribution in [3.05, 3.63) is 29.6 Å². The molecule has 18 heavy (non-hydrogen) atoms. The summed E-state index contributed by atoms with van der Waals surface area (Å²) in [6.45, 7) is 1.87. The van der Waals surface area contributed by atoms with Gasteiger partial charge in [0.15, 0.2) is 0 Å². The average molecular weight is 252 g/mol. The molecule has 0 aromatic heterocycles. The molecule has 1 aliphatic rings. The molecule has 1 N–H and O–H groups in total. The number of hydrogen-bond donors (Lipinski definition) is 1. The second kappa shape index (κ2) is 4.64. The van der Waals surface area contributed by atoms with E-state index in [1.807, 2.05) is 0 Å². The Balaban J connectivity index is 2.30. The lowest BCUT2D eigenvalue weighted by atomic mass is 10.1. The van der Waals surface area contributed by atoms with E-state index in [2.05, 4.69) is 5.32 Å². The number of ether oxygens (including phenoxy) is 1. The number of hydrogen-bond acceptors (Lipinski definition) is 3. The van der Waals surface area contributed by atoms with Gasteiger partial charge in [-0.2, -0.15) is 0 Å². The molecule has 96 valence electrons. The zero-order valence-corrected chi connectivity index (χ0v) is 10.1. The molecule has 0 fully saturated rings. The molecule has 0 radical (unpaired) electrons. The molecule has 1 unspecified atom stereocenters. The maximum absolute atomic E-state index is 13.2. The summed E-state index contributed by atoms with van der Waals surface area (Å²) in [5, 5.41) is 2.42. The fourth-order valence-corrected chi connectivity index (χ4v) is 1.94. The number of nitrogens with zero attached hydrogens (tertiary/aromatic N) is 1. The van der Waals surface area contributed by atoms with Gasteiger partial charge >= 0.3 is 6.09 Å². The van der Waals surface area contributed by atoms with Gasteiger partial charge in [0, 0.05) is 18.3 Å². The van der Waals surface area contributed by atoms with Gasteiger partial charge in [-0.05, 0) is 25.1 Å². The van der Waals surface area contributed by atoms with E-state index in [1.54, 1.807) is 14.0 Å². The Hall–Kier alpha value is -2.11. The van der Waals surface area contributed by atoms with Gasteiger partial charge in [0.1, 0.15) is 11.9 Å². The summed E-state index contributed by atoms with van der Waals surface area (Å²) >= 11 is 0. The summed E-state index contributed by atoms with van der Waals surface area (Å²) in [6.07, 6.45) is -0.693. The van der Waals surface area contributed by atoms with Gasteiger partial charge in [0.2, 0.25) is 0 Å². The normalized spacial score (nSPS) is 17.6. The van der Waals surface area contributed by atoms with Gasteiger partial charge in [-0.25, -0.2) is 9.18 Å². The van der Waals surface area contributed by atoms with Crippen molar-refractivity contribution in [1.82, 2.24) is 5.32 Å². The highest BCUT2D eigenvalue weighted by atomic mass is 19.1. The Labute approximate surface area is 104 Å². The number of nitrogens with one attached hydrogen (secondary N) is 1. The van der Waals surface area contributed by atoms with Gasteiger partial charge < -0.3 is 15.0 Å². The van der Waals surface area contributed by atoms with Crippen LogP contribution < -0.4 is 10.2 Å². The number of amides is 2. The van der Waals surface area contributed by atoms with E-state index >= 15 is 0 Å². The summed E-state index contributed by atoms with van der Waals surface area (Å²) in [7, 11) is 1.58. The molecule has 1 heterocycles. The summed E-state index contributed by atoms with van der Waals surface area (Å²) in [5.41, 5.74) is 1.03. The molecule has 0 saturated carbocycles. The quantitative estimate of drug-likeness (QED) is 0.869. The lowest BCUT2D eigenvalue weighted by molar-refractivity contribution is -0.119. The molecule has 5 nitrogen and oxygen atoms in total. The summed E-state index contributed by atoms with van der Waals surface area (Å²) in [6, 6.07) is 3.14. The highest BCUT2D eigenvalue weighted by molar-refractivity contribution is 6.05. The third-order valence-electron chi connectivity index (χ3n) is 2.78. The Bertz CT molecular complexity index is 504. The van der Waals surface area contributed by atoms with Gasteiger partial charge in [0.25, 0.3) is 5.91 Å². The van der Waals surface area contributed by atoms with Crippen LogP contribution in [0.4, 0.5) is 14.9 Å². The van der Waals surface area contributed by atoms with Crippen molar-refractivity contribution in [1.29, 1.82) is 0 Å². The van der Waals surface area contributed by atoms with E-state index in [-0.39, 0.29) is 12.5 Å². The number of likely N-dealkylation sites (N-methyl/N-ethyl adjacent to an activating group) is 1. The minimum absolute atomic E-state index is 0.207. The van der Waals surface area contributed by atoms with E-state index in [0.717, 1.165) is 0 Å². The maximum atomic E-state index is 13.2. The largest absolute Gasteiger partial charge is 0.450 e. The first-order valence-electron chi connectivity index (χ1n) is 5.55. The SMILES string of the molecule is CCOC(=O)NC1C(=O)N(C)c2ccc(F)cc21. The monoisotopic (exact) mass is 252 g/mol. The Kier molecular flexibility index (Phi) is 3.18. The molecular weight excluding hydrogens is 239 g/mol. The van der Waals surface area contributed by atoms with Crippen LogP contribution in [0.15, 0.2) is 18.2 Å². The number of rotatable bonds is 2. The predicted molar refractivity (Wildman–Crippen MR) is 62.7 cm³/mol. The molecule has 0 bridgehead atoms. The standard InChI is InChI=1S/C12H13FN2O3/c1-3-18-12(17)14-10-8-6-7(13)4-5-9(8)15(2)11(10)16/h4-6,10H,3H2,1-2H3,(H,14,17). The molecular formula is C12H13FN2O3. The summed E-state index contributed by atoms with van der Waals surface area (Å²) < 4.78 is 17.9. The third-order valence-corrected chi connectivity index (χ3v) is 2.78. The van der Waals surface area contributed by atoms with E-state index in [1.165, 1.54) is 23.1 Å². The Morgan fingerprint density at radius 2 is 2.28 bits per heavy atom. The third kappa shape index (κ3) is 2.01. The van der Waals surface area contributed by atoms with Crippen LogP contribution in [0.3, 0.4) is 0 Å². The maximum Gasteiger partial charge on any atom is 0.408 e. The molecule has 1 atom stereocenters. The number of fused-ring (bicyclic) bond motifs is 1. The van der Waals surface area contributed by atoms with E-state index in [4.69, 9.17) is 4.74 Å². The van der Waals surface area contributed by atoms with Crippen LogP contribution in [0.5, 0.6) is 0 Å². The zero-order valence-electron chi connectivity index (χ0n) is 10.1. The minimum atomic E-state index is -0.889. The molecule has 0 saturated heterocycles. The van der Waals surface area contributed by atoms with Crippen LogP contribution in [0.1, 0.15) is 18.5 Å². The zero-order chi connectivity index (χ0) is 13.3. The van der Waals surface area contributed by atoms with Gasteiger partial charge in [-0.15, -0.1) is 0 Å². The number of anilines is 1. The molecule has 6 heteroatoms. The molecule has 0 spiro atoms. The van der Waals surface area contributed by atoms with Crippen LogP contribution in [-0.4, -0.2) is 25.7 Å². The van der Waals surface area contributed by atoms with Crippen LogP contribution in [0.2, 0.25) is 0 Å². The fraction of sp³-hybridized carbons (Fsp3) is 0.333. The second-order valence-corrected chi connectivity index (χ2v) is 3.90. The van der Waals surface area contributed by atoms with Crippen molar-refractivity contribution in [2.24, 2.45) is 0 Å². The van der Waals surface area contributed by atoms with Crippen molar-refractivity contribution >= 4 is 17.7 Å². The fourth-order valence-electron chi connectivity index (χ4n) is 1.94. The lowest BCUT2D eigenvalue weighted by Gasteiger charge is -2.12.